The zero-order chi connectivity index (χ0) is 12.9. The third-order valence-corrected chi connectivity index (χ3v) is 2.52. The number of unbranched alkanes of at least 4 members (excludes halogenated alkanes) is 1. The molecular weight excluding hydrogens is 301 g/mol. The Morgan fingerprint density at radius 1 is 1.35 bits per heavy atom. The standard InChI is InChI=1S/C11H10BrF3O2/c12-9-5-4-8(3-1-2-6-16)10(7-9)17-11(13,14)15/h4-7H,1-3H2. The van der Waals surface area contributed by atoms with Gasteiger partial charge >= 0.3 is 6.36 Å². The maximum atomic E-state index is 12.1. The number of ether oxygens (including phenoxy) is 1. The number of benzene rings is 1. The molecule has 0 atom stereocenters. The van der Waals surface area contributed by atoms with Gasteiger partial charge in [-0.3, -0.25) is 0 Å². The fourth-order valence-electron chi connectivity index (χ4n) is 1.33. The number of aldehydes is 1. The van der Waals surface area contributed by atoms with E-state index in [0.29, 0.717) is 29.3 Å². The van der Waals surface area contributed by atoms with Crippen molar-refractivity contribution in [2.45, 2.75) is 25.6 Å². The van der Waals surface area contributed by atoms with Crippen LogP contribution in [0.5, 0.6) is 5.75 Å². The van der Waals surface area contributed by atoms with E-state index in [1.165, 1.54) is 6.07 Å². The van der Waals surface area contributed by atoms with Crippen LogP contribution >= 0.6 is 15.9 Å². The topological polar surface area (TPSA) is 26.3 Å². The number of rotatable bonds is 5. The lowest BCUT2D eigenvalue weighted by Crippen LogP contribution is -2.18. The molecule has 1 rings (SSSR count). The van der Waals surface area contributed by atoms with Gasteiger partial charge < -0.3 is 9.53 Å². The molecule has 0 spiro atoms. The van der Waals surface area contributed by atoms with E-state index in [1.807, 2.05) is 0 Å². The van der Waals surface area contributed by atoms with Gasteiger partial charge in [0.05, 0.1) is 0 Å². The van der Waals surface area contributed by atoms with Crippen LogP contribution in [0.2, 0.25) is 0 Å². The van der Waals surface area contributed by atoms with Crippen molar-refractivity contribution in [3.63, 3.8) is 0 Å². The predicted octanol–water partition coefficient (Wildman–Crippen LogP) is 3.87. The van der Waals surface area contributed by atoms with Crippen LogP contribution in [0, 0.1) is 0 Å². The first-order chi connectivity index (χ1) is 7.92. The van der Waals surface area contributed by atoms with Crippen LogP contribution in [-0.2, 0) is 11.2 Å². The summed E-state index contributed by atoms with van der Waals surface area (Å²) in [4.78, 5) is 10.1. The fraction of sp³-hybridized carbons (Fsp3) is 0.364. The van der Waals surface area contributed by atoms with Gasteiger partial charge in [0.1, 0.15) is 12.0 Å². The molecule has 17 heavy (non-hydrogen) atoms. The molecule has 0 bridgehead atoms. The molecule has 1 aromatic rings. The quantitative estimate of drug-likeness (QED) is 0.609. The van der Waals surface area contributed by atoms with Crippen LogP contribution in [0.25, 0.3) is 0 Å². The number of hydrogen-bond acceptors (Lipinski definition) is 2. The van der Waals surface area contributed by atoms with Crippen molar-refractivity contribution in [1.82, 2.24) is 0 Å². The Balaban J connectivity index is 2.83. The first-order valence-corrected chi connectivity index (χ1v) is 5.69. The second-order valence-electron chi connectivity index (χ2n) is 3.36. The molecular formula is C11H10BrF3O2. The van der Waals surface area contributed by atoms with Gasteiger partial charge in [0.2, 0.25) is 0 Å². The van der Waals surface area contributed by atoms with E-state index in [0.717, 1.165) is 6.29 Å². The molecule has 1 aromatic carbocycles. The number of alkyl halides is 3. The minimum atomic E-state index is -4.71. The van der Waals surface area contributed by atoms with Crippen LogP contribution in [0.4, 0.5) is 13.2 Å². The average Bonchev–Trinajstić information content (AvgIpc) is 2.19. The van der Waals surface area contributed by atoms with Crippen molar-refractivity contribution in [3.8, 4) is 5.75 Å². The van der Waals surface area contributed by atoms with E-state index in [9.17, 15) is 18.0 Å². The first kappa shape index (κ1) is 14.0. The monoisotopic (exact) mass is 310 g/mol. The smallest absolute Gasteiger partial charge is 0.405 e. The third-order valence-electron chi connectivity index (χ3n) is 2.02. The molecule has 0 heterocycles. The Hall–Kier alpha value is -1.04. The minimum absolute atomic E-state index is 0.224. The molecule has 0 aliphatic carbocycles. The van der Waals surface area contributed by atoms with Gasteiger partial charge in [-0.05, 0) is 30.5 Å². The van der Waals surface area contributed by atoms with Gasteiger partial charge in [0, 0.05) is 10.9 Å². The fourth-order valence-corrected chi connectivity index (χ4v) is 1.67. The van der Waals surface area contributed by atoms with Crippen molar-refractivity contribution in [2.75, 3.05) is 0 Å². The number of aryl methyl sites for hydroxylation is 1. The Bertz CT molecular complexity index is 391. The summed E-state index contributed by atoms with van der Waals surface area (Å²) in [5.74, 6) is -0.224. The number of carbonyl (C=O) groups excluding carboxylic acids is 1. The molecule has 94 valence electrons. The summed E-state index contributed by atoms with van der Waals surface area (Å²) in [5.41, 5.74) is 0.437. The summed E-state index contributed by atoms with van der Waals surface area (Å²) in [6, 6.07) is 4.46. The highest BCUT2D eigenvalue weighted by molar-refractivity contribution is 9.10. The van der Waals surface area contributed by atoms with Gasteiger partial charge in [0.25, 0.3) is 0 Å². The second-order valence-corrected chi connectivity index (χ2v) is 4.27. The normalized spacial score (nSPS) is 11.3. The van der Waals surface area contributed by atoms with E-state index < -0.39 is 6.36 Å². The van der Waals surface area contributed by atoms with Crippen molar-refractivity contribution in [2.24, 2.45) is 0 Å². The van der Waals surface area contributed by atoms with Crippen LogP contribution in [0.15, 0.2) is 22.7 Å². The van der Waals surface area contributed by atoms with Gasteiger partial charge in [-0.15, -0.1) is 13.2 Å². The molecule has 0 amide bonds. The maximum Gasteiger partial charge on any atom is 0.573 e. The Morgan fingerprint density at radius 2 is 2.06 bits per heavy atom. The lowest BCUT2D eigenvalue weighted by atomic mass is 10.1. The van der Waals surface area contributed by atoms with Crippen molar-refractivity contribution in [3.05, 3.63) is 28.2 Å². The van der Waals surface area contributed by atoms with Gasteiger partial charge in [0.15, 0.2) is 0 Å². The zero-order valence-corrected chi connectivity index (χ0v) is 10.3. The van der Waals surface area contributed by atoms with Crippen LogP contribution in [-0.4, -0.2) is 12.6 Å². The lowest BCUT2D eigenvalue weighted by Gasteiger charge is -2.13. The van der Waals surface area contributed by atoms with Crippen LogP contribution in [0.3, 0.4) is 0 Å². The molecule has 0 saturated heterocycles. The van der Waals surface area contributed by atoms with Crippen LogP contribution in [0.1, 0.15) is 18.4 Å². The summed E-state index contributed by atoms with van der Waals surface area (Å²) in [6.07, 6.45) is -2.78. The van der Waals surface area contributed by atoms with E-state index in [4.69, 9.17) is 0 Å². The highest BCUT2D eigenvalue weighted by Gasteiger charge is 2.32. The maximum absolute atomic E-state index is 12.1. The Kier molecular flexibility index (Phi) is 4.99. The molecule has 0 aliphatic rings. The minimum Gasteiger partial charge on any atom is -0.405 e. The zero-order valence-electron chi connectivity index (χ0n) is 8.76. The van der Waals surface area contributed by atoms with Crippen molar-refractivity contribution < 1.29 is 22.7 Å². The predicted molar refractivity (Wildman–Crippen MR) is 59.8 cm³/mol. The van der Waals surface area contributed by atoms with Gasteiger partial charge in [-0.1, -0.05) is 22.0 Å². The summed E-state index contributed by atoms with van der Waals surface area (Å²) >= 11 is 3.08. The summed E-state index contributed by atoms with van der Waals surface area (Å²) in [7, 11) is 0. The summed E-state index contributed by atoms with van der Waals surface area (Å²) in [5, 5.41) is 0. The molecule has 0 radical (unpaired) electrons. The highest BCUT2D eigenvalue weighted by Crippen LogP contribution is 2.30. The van der Waals surface area contributed by atoms with E-state index in [-0.39, 0.29) is 5.75 Å². The number of halogens is 4. The highest BCUT2D eigenvalue weighted by atomic mass is 79.9. The number of carbonyl (C=O) groups is 1. The molecule has 0 aliphatic heterocycles. The molecule has 0 unspecified atom stereocenters. The average molecular weight is 311 g/mol. The van der Waals surface area contributed by atoms with Crippen molar-refractivity contribution >= 4 is 22.2 Å². The number of hydrogen-bond donors (Lipinski definition) is 0. The summed E-state index contributed by atoms with van der Waals surface area (Å²) in [6.45, 7) is 0. The third kappa shape index (κ3) is 5.21. The molecule has 0 saturated carbocycles. The molecule has 6 heteroatoms. The SMILES string of the molecule is O=CCCCc1ccc(Br)cc1OC(F)(F)F. The first-order valence-electron chi connectivity index (χ1n) is 4.90. The lowest BCUT2D eigenvalue weighted by molar-refractivity contribution is -0.274. The van der Waals surface area contributed by atoms with Crippen molar-refractivity contribution in [1.29, 1.82) is 0 Å². The molecule has 0 N–H and O–H groups in total. The van der Waals surface area contributed by atoms with Gasteiger partial charge in [-0.2, -0.15) is 0 Å². The second kappa shape index (κ2) is 6.05. The van der Waals surface area contributed by atoms with Crippen LogP contribution < -0.4 is 4.74 Å². The molecule has 2 nitrogen and oxygen atoms in total. The molecule has 0 aromatic heterocycles. The van der Waals surface area contributed by atoms with E-state index in [2.05, 4.69) is 20.7 Å². The largest absolute Gasteiger partial charge is 0.573 e. The van der Waals surface area contributed by atoms with E-state index >= 15 is 0 Å². The van der Waals surface area contributed by atoms with Gasteiger partial charge in [-0.25, -0.2) is 0 Å². The summed E-state index contributed by atoms with van der Waals surface area (Å²) < 4.78 is 40.9. The van der Waals surface area contributed by atoms with E-state index in [1.54, 1.807) is 12.1 Å². The Labute approximate surface area is 105 Å². The Morgan fingerprint density at radius 3 is 2.65 bits per heavy atom. The molecule has 0 fully saturated rings.